The van der Waals surface area contributed by atoms with Crippen LogP contribution in [-0.2, 0) is 11.2 Å². The smallest absolute Gasteiger partial charge is 0.237 e. The molecule has 0 spiro atoms. The lowest BCUT2D eigenvalue weighted by molar-refractivity contribution is -0.132. The number of carbonyl (C=O) groups is 1. The number of nitrogens with zero attached hydrogens (tertiary/aromatic N) is 1. The molecule has 1 aliphatic heterocycles. The lowest BCUT2D eigenvalue weighted by Gasteiger charge is -2.36. The third-order valence-electron chi connectivity index (χ3n) is 4.06. The number of carbonyl (C=O) groups excluding carboxylic acids is 1. The molecule has 22 heavy (non-hydrogen) atoms. The Hall–Kier alpha value is -1.65. The Kier molecular flexibility index (Phi) is 4.60. The maximum atomic E-state index is 12.7. The number of amides is 1. The van der Waals surface area contributed by atoms with Crippen LogP contribution in [0.2, 0.25) is 0 Å². The summed E-state index contributed by atoms with van der Waals surface area (Å²) in [4.78, 5) is 16.1. The van der Waals surface area contributed by atoms with Crippen LogP contribution in [0.3, 0.4) is 0 Å². The lowest BCUT2D eigenvalue weighted by atomic mass is 9.93. The standard InChI is InChI=1S/C18H22N2OS/c1-13(2)19-12-17(21)20-10-8-16-15(9-11-22-16)18(20)14-6-4-3-5-7-14/h3-7,9,11,13,18-19H,8,10,12H2,1-2H3. The van der Waals surface area contributed by atoms with Gasteiger partial charge >= 0.3 is 0 Å². The van der Waals surface area contributed by atoms with Gasteiger partial charge in [-0.15, -0.1) is 11.3 Å². The first-order valence-corrected chi connectivity index (χ1v) is 8.69. The third-order valence-corrected chi connectivity index (χ3v) is 5.06. The summed E-state index contributed by atoms with van der Waals surface area (Å²) in [7, 11) is 0. The predicted molar refractivity (Wildman–Crippen MR) is 91.2 cm³/mol. The second-order valence-electron chi connectivity index (χ2n) is 5.99. The summed E-state index contributed by atoms with van der Waals surface area (Å²) in [6, 6.07) is 12.9. The van der Waals surface area contributed by atoms with Gasteiger partial charge in [-0.1, -0.05) is 44.2 Å². The van der Waals surface area contributed by atoms with Crippen molar-refractivity contribution >= 4 is 17.2 Å². The Morgan fingerprint density at radius 3 is 2.82 bits per heavy atom. The first-order chi connectivity index (χ1) is 10.7. The van der Waals surface area contributed by atoms with E-state index < -0.39 is 0 Å². The van der Waals surface area contributed by atoms with Crippen LogP contribution < -0.4 is 5.32 Å². The Morgan fingerprint density at radius 2 is 2.09 bits per heavy atom. The summed E-state index contributed by atoms with van der Waals surface area (Å²) >= 11 is 1.80. The van der Waals surface area contributed by atoms with Gasteiger partial charge in [-0.05, 0) is 29.0 Å². The van der Waals surface area contributed by atoms with Crippen molar-refractivity contribution in [1.82, 2.24) is 10.2 Å². The van der Waals surface area contributed by atoms with Crippen LogP contribution in [0.4, 0.5) is 0 Å². The molecule has 1 aliphatic rings. The number of nitrogens with one attached hydrogen (secondary N) is 1. The monoisotopic (exact) mass is 314 g/mol. The second-order valence-corrected chi connectivity index (χ2v) is 6.99. The van der Waals surface area contributed by atoms with Crippen molar-refractivity contribution in [3.8, 4) is 0 Å². The van der Waals surface area contributed by atoms with E-state index in [1.54, 1.807) is 11.3 Å². The molecule has 0 fully saturated rings. The van der Waals surface area contributed by atoms with Crippen LogP contribution in [0.5, 0.6) is 0 Å². The normalized spacial score (nSPS) is 17.6. The molecule has 1 N–H and O–H groups in total. The van der Waals surface area contributed by atoms with Crippen LogP contribution in [0, 0.1) is 0 Å². The van der Waals surface area contributed by atoms with Crippen LogP contribution in [0.1, 0.15) is 35.9 Å². The molecule has 0 bridgehead atoms. The van der Waals surface area contributed by atoms with Gasteiger partial charge in [-0.25, -0.2) is 0 Å². The van der Waals surface area contributed by atoms with Gasteiger partial charge < -0.3 is 10.2 Å². The molecule has 1 amide bonds. The van der Waals surface area contributed by atoms with Gasteiger partial charge in [0.05, 0.1) is 12.6 Å². The van der Waals surface area contributed by atoms with E-state index in [1.165, 1.54) is 16.0 Å². The zero-order valence-electron chi connectivity index (χ0n) is 13.1. The minimum absolute atomic E-state index is 0.0534. The van der Waals surface area contributed by atoms with E-state index in [0.717, 1.165) is 13.0 Å². The van der Waals surface area contributed by atoms with Crippen molar-refractivity contribution in [3.63, 3.8) is 0 Å². The number of fused-ring (bicyclic) bond motifs is 1. The molecular formula is C18H22N2OS. The molecule has 116 valence electrons. The van der Waals surface area contributed by atoms with Crippen LogP contribution in [0.15, 0.2) is 41.8 Å². The molecule has 1 atom stereocenters. The number of rotatable bonds is 4. The summed E-state index contributed by atoms with van der Waals surface area (Å²) in [6.07, 6.45) is 0.962. The highest BCUT2D eigenvalue weighted by atomic mass is 32.1. The van der Waals surface area contributed by atoms with E-state index in [0.29, 0.717) is 12.6 Å². The van der Waals surface area contributed by atoms with E-state index in [9.17, 15) is 4.79 Å². The summed E-state index contributed by atoms with van der Waals surface area (Å²) < 4.78 is 0. The minimum Gasteiger partial charge on any atom is -0.330 e. The maximum Gasteiger partial charge on any atom is 0.237 e. The molecule has 4 heteroatoms. The van der Waals surface area contributed by atoms with E-state index in [4.69, 9.17) is 0 Å². The number of thiophene rings is 1. The van der Waals surface area contributed by atoms with Crippen LogP contribution in [-0.4, -0.2) is 29.9 Å². The van der Waals surface area contributed by atoms with Gasteiger partial charge in [0.25, 0.3) is 0 Å². The summed E-state index contributed by atoms with van der Waals surface area (Å²) in [6.45, 7) is 5.33. The Bertz CT molecular complexity index is 636. The fourth-order valence-electron chi connectivity index (χ4n) is 2.97. The molecule has 0 saturated carbocycles. The zero-order valence-corrected chi connectivity index (χ0v) is 13.9. The van der Waals surface area contributed by atoms with Gasteiger partial charge in [-0.3, -0.25) is 4.79 Å². The molecule has 2 aromatic rings. The molecular weight excluding hydrogens is 292 g/mol. The molecule has 0 aliphatic carbocycles. The van der Waals surface area contributed by atoms with Crippen LogP contribution >= 0.6 is 11.3 Å². The summed E-state index contributed by atoms with van der Waals surface area (Å²) in [5, 5.41) is 5.38. The first kappa shape index (κ1) is 15.3. The first-order valence-electron chi connectivity index (χ1n) is 7.81. The Morgan fingerprint density at radius 1 is 1.32 bits per heavy atom. The second kappa shape index (κ2) is 6.63. The van der Waals surface area contributed by atoms with E-state index in [2.05, 4.69) is 42.7 Å². The molecule has 2 heterocycles. The van der Waals surface area contributed by atoms with Gasteiger partial charge in [0.15, 0.2) is 0 Å². The molecule has 1 aromatic carbocycles. The topological polar surface area (TPSA) is 32.3 Å². The fraction of sp³-hybridized carbons (Fsp3) is 0.389. The third kappa shape index (κ3) is 3.08. The molecule has 1 aromatic heterocycles. The quantitative estimate of drug-likeness (QED) is 0.940. The predicted octanol–water partition coefficient (Wildman–Crippen LogP) is 3.22. The van der Waals surface area contributed by atoms with Crippen LogP contribution in [0.25, 0.3) is 0 Å². The fourth-order valence-corrected chi connectivity index (χ4v) is 3.88. The van der Waals surface area contributed by atoms with E-state index in [-0.39, 0.29) is 11.9 Å². The largest absolute Gasteiger partial charge is 0.330 e. The average molecular weight is 314 g/mol. The van der Waals surface area contributed by atoms with Gasteiger partial charge in [0.2, 0.25) is 5.91 Å². The molecule has 0 saturated heterocycles. The van der Waals surface area contributed by atoms with Crippen molar-refractivity contribution in [1.29, 1.82) is 0 Å². The minimum atomic E-state index is 0.0534. The van der Waals surface area contributed by atoms with E-state index in [1.807, 2.05) is 23.1 Å². The number of hydrogen-bond donors (Lipinski definition) is 1. The maximum absolute atomic E-state index is 12.7. The molecule has 1 unspecified atom stereocenters. The SMILES string of the molecule is CC(C)NCC(=O)N1CCc2sccc2C1c1ccccc1. The Balaban J connectivity index is 1.90. The molecule has 3 nitrogen and oxygen atoms in total. The van der Waals surface area contributed by atoms with Gasteiger partial charge in [0, 0.05) is 17.5 Å². The van der Waals surface area contributed by atoms with Gasteiger partial charge in [-0.2, -0.15) is 0 Å². The Labute approximate surface area is 136 Å². The number of benzene rings is 1. The van der Waals surface area contributed by atoms with Crippen molar-refractivity contribution in [2.45, 2.75) is 32.4 Å². The van der Waals surface area contributed by atoms with Crippen molar-refractivity contribution in [2.24, 2.45) is 0 Å². The molecule has 0 radical (unpaired) electrons. The highest BCUT2D eigenvalue weighted by Crippen LogP contribution is 2.37. The number of hydrogen-bond acceptors (Lipinski definition) is 3. The highest BCUT2D eigenvalue weighted by Gasteiger charge is 2.32. The highest BCUT2D eigenvalue weighted by molar-refractivity contribution is 7.10. The van der Waals surface area contributed by atoms with E-state index >= 15 is 0 Å². The van der Waals surface area contributed by atoms with Crippen molar-refractivity contribution < 1.29 is 4.79 Å². The lowest BCUT2D eigenvalue weighted by Crippen LogP contribution is -2.45. The zero-order chi connectivity index (χ0) is 15.5. The summed E-state index contributed by atoms with van der Waals surface area (Å²) in [5.74, 6) is 0.180. The molecule has 3 rings (SSSR count). The average Bonchev–Trinajstić information content (AvgIpc) is 3.01. The summed E-state index contributed by atoms with van der Waals surface area (Å²) in [5.41, 5.74) is 2.49. The van der Waals surface area contributed by atoms with Crippen molar-refractivity contribution in [2.75, 3.05) is 13.1 Å². The van der Waals surface area contributed by atoms with Gasteiger partial charge in [0.1, 0.15) is 0 Å². The van der Waals surface area contributed by atoms with Crippen molar-refractivity contribution in [3.05, 3.63) is 57.8 Å².